The molecule has 1 aliphatic rings. The maximum Gasteiger partial charge on any atom is 0.154 e. The summed E-state index contributed by atoms with van der Waals surface area (Å²) in [4.78, 5) is 4.19. The van der Waals surface area contributed by atoms with Crippen molar-refractivity contribution in [1.82, 2.24) is 25.1 Å². The summed E-state index contributed by atoms with van der Waals surface area (Å²) in [5.41, 5.74) is 1.15. The molecule has 100 valence electrons. The van der Waals surface area contributed by atoms with Gasteiger partial charge in [0.2, 0.25) is 0 Å². The summed E-state index contributed by atoms with van der Waals surface area (Å²) in [7, 11) is 0. The predicted octanol–water partition coefficient (Wildman–Crippen LogP) is 1.66. The summed E-state index contributed by atoms with van der Waals surface area (Å²) >= 11 is 0. The second-order valence-electron chi connectivity index (χ2n) is 5.96. The zero-order valence-corrected chi connectivity index (χ0v) is 11.6. The number of fused-ring (bicyclic) bond motifs is 1. The molecule has 2 aromatic rings. The zero-order valence-electron chi connectivity index (χ0n) is 11.6. The first-order valence-corrected chi connectivity index (χ1v) is 6.64. The second kappa shape index (κ2) is 4.42. The average molecular weight is 257 g/mol. The van der Waals surface area contributed by atoms with Crippen LogP contribution in [0.2, 0.25) is 0 Å². The van der Waals surface area contributed by atoms with Gasteiger partial charge in [0.05, 0.1) is 6.04 Å². The van der Waals surface area contributed by atoms with E-state index in [0.717, 1.165) is 30.3 Å². The van der Waals surface area contributed by atoms with Crippen molar-refractivity contribution in [2.45, 2.75) is 38.8 Å². The largest absolute Gasteiger partial charge is 0.312 e. The maximum atomic E-state index is 4.40. The lowest BCUT2D eigenvalue weighted by Gasteiger charge is -2.27. The van der Waals surface area contributed by atoms with Crippen LogP contribution in [0.5, 0.6) is 0 Å². The Kier molecular flexibility index (Phi) is 2.86. The van der Waals surface area contributed by atoms with E-state index in [-0.39, 0.29) is 11.5 Å². The van der Waals surface area contributed by atoms with Crippen molar-refractivity contribution in [3.8, 4) is 0 Å². The maximum absolute atomic E-state index is 4.40. The lowest BCUT2D eigenvalue weighted by Crippen LogP contribution is -2.36. The molecule has 0 bridgehead atoms. The molecule has 0 amide bonds. The van der Waals surface area contributed by atoms with E-state index in [4.69, 9.17) is 0 Å². The van der Waals surface area contributed by atoms with Gasteiger partial charge in [-0.3, -0.25) is 4.98 Å². The summed E-state index contributed by atoms with van der Waals surface area (Å²) < 4.78 is 2.24. The van der Waals surface area contributed by atoms with E-state index in [9.17, 15) is 0 Å². The lowest BCUT2D eigenvalue weighted by molar-refractivity contribution is 0.419. The van der Waals surface area contributed by atoms with Crippen LogP contribution >= 0.6 is 0 Å². The molecule has 2 aromatic heterocycles. The highest BCUT2D eigenvalue weighted by atomic mass is 15.3. The van der Waals surface area contributed by atoms with E-state index >= 15 is 0 Å². The topological polar surface area (TPSA) is 55.6 Å². The van der Waals surface area contributed by atoms with Gasteiger partial charge < -0.3 is 9.88 Å². The predicted molar refractivity (Wildman–Crippen MR) is 72.8 cm³/mol. The van der Waals surface area contributed by atoms with Gasteiger partial charge in [-0.1, -0.05) is 26.8 Å². The van der Waals surface area contributed by atoms with Crippen LogP contribution in [0.25, 0.3) is 0 Å². The summed E-state index contributed by atoms with van der Waals surface area (Å²) in [6.07, 6.45) is 3.68. The van der Waals surface area contributed by atoms with Crippen LogP contribution in [0, 0.1) is 0 Å². The Morgan fingerprint density at radius 2 is 2.16 bits per heavy atom. The van der Waals surface area contributed by atoms with Crippen LogP contribution in [0.1, 0.15) is 44.0 Å². The van der Waals surface area contributed by atoms with Crippen molar-refractivity contribution < 1.29 is 0 Å². The van der Waals surface area contributed by atoms with Gasteiger partial charge >= 0.3 is 0 Å². The standard InChI is InChI=1S/C14H19N5/c1-14(2,3)13-18-17-12-11(16-7-8-19(12)13)10-5-4-6-15-9-10/h4-6,9,11,16H,7-8H2,1-3H3. The molecule has 5 nitrogen and oxygen atoms in total. The van der Waals surface area contributed by atoms with Crippen molar-refractivity contribution in [2.24, 2.45) is 0 Å². The van der Waals surface area contributed by atoms with Gasteiger partial charge in [-0.15, -0.1) is 10.2 Å². The van der Waals surface area contributed by atoms with E-state index in [1.807, 2.05) is 12.3 Å². The zero-order chi connectivity index (χ0) is 13.5. The molecule has 3 rings (SSSR count). The van der Waals surface area contributed by atoms with E-state index in [1.54, 1.807) is 6.20 Å². The molecule has 0 aliphatic carbocycles. The number of hydrogen-bond donors (Lipinski definition) is 1. The molecule has 19 heavy (non-hydrogen) atoms. The van der Waals surface area contributed by atoms with Crippen LogP contribution in [0.15, 0.2) is 24.5 Å². The van der Waals surface area contributed by atoms with Crippen LogP contribution in [0.4, 0.5) is 0 Å². The molecule has 3 heterocycles. The minimum absolute atomic E-state index is 0.0160. The monoisotopic (exact) mass is 257 g/mol. The van der Waals surface area contributed by atoms with E-state index in [0.29, 0.717) is 0 Å². The van der Waals surface area contributed by atoms with Crippen molar-refractivity contribution in [2.75, 3.05) is 6.54 Å². The molecule has 0 spiro atoms. The molecule has 1 unspecified atom stereocenters. The Bertz CT molecular complexity index is 567. The SMILES string of the molecule is CC(C)(C)c1nnc2n1CCNC2c1cccnc1. The molecule has 0 aromatic carbocycles. The molecule has 1 aliphatic heterocycles. The van der Waals surface area contributed by atoms with Gasteiger partial charge in [0.15, 0.2) is 5.82 Å². The van der Waals surface area contributed by atoms with Gasteiger partial charge in [-0.25, -0.2) is 0 Å². The normalized spacial score (nSPS) is 19.2. The van der Waals surface area contributed by atoms with Crippen LogP contribution < -0.4 is 5.32 Å². The Labute approximate surface area is 113 Å². The van der Waals surface area contributed by atoms with E-state index < -0.39 is 0 Å². The third-order valence-corrected chi connectivity index (χ3v) is 3.41. The third-order valence-electron chi connectivity index (χ3n) is 3.41. The van der Waals surface area contributed by atoms with Gasteiger partial charge in [-0.05, 0) is 11.6 Å². The minimum atomic E-state index is 0.0160. The Morgan fingerprint density at radius 3 is 2.84 bits per heavy atom. The molecular weight excluding hydrogens is 238 g/mol. The van der Waals surface area contributed by atoms with Crippen molar-refractivity contribution in [3.63, 3.8) is 0 Å². The van der Waals surface area contributed by atoms with Gasteiger partial charge in [0.1, 0.15) is 5.82 Å². The smallest absolute Gasteiger partial charge is 0.154 e. The van der Waals surface area contributed by atoms with Crippen molar-refractivity contribution >= 4 is 0 Å². The minimum Gasteiger partial charge on any atom is -0.312 e. The highest BCUT2D eigenvalue weighted by Gasteiger charge is 2.30. The summed E-state index contributed by atoms with van der Waals surface area (Å²) in [5, 5.41) is 12.3. The first-order chi connectivity index (χ1) is 9.07. The average Bonchev–Trinajstić information content (AvgIpc) is 2.83. The fourth-order valence-electron chi connectivity index (χ4n) is 2.53. The first kappa shape index (κ1) is 12.3. The molecule has 0 radical (unpaired) electrons. The van der Waals surface area contributed by atoms with Crippen LogP contribution in [-0.2, 0) is 12.0 Å². The number of hydrogen-bond acceptors (Lipinski definition) is 4. The first-order valence-electron chi connectivity index (χ1n) is 6.64. The molecular formula is C14H19N5. The fourth-order valence-corrected chi connectivity index (χ4v) is 2.53. The third kappa shape index (κ3) is 2.14. The number of pyridine rings is 1. The molecule has 0 fully saturated rings. The molecule has 1 N–H and O–H groups in total. The molecule has 0 saturated carbocycles. The van der Waals surface area contributed by atoms with Crippen LogP contribution in [-0.4, -0.2) is 26.3 Å². The quantitative estimate of drug-likeness (QED) is 0.844. The van der Waals surface area contributed by atoms with Gasteiger partial charge in [-0.2, -0.15) is 0 Å². The molecule has 0 saturated heterocycles. The highest BCUT2D eigenvalue weighted by molar-refractivity contribution is 5.24. The summed E-state index contributed by atoms with van der Waals surface area (Å²) in [6.45, 7) is 8.36. The molecule has 5 heteroatoms. The Balaban J connectivity index is 2.05. The number of nitrogens with one attached hydrogen (secondary N) is 1. The van der Waals surface area contributed by atoms with E-state index in [1.165, 1.54) is 0 Å². The van der Waals surface area contributed by atoms with E-state index in [2.05, 4.69) is 51.9 Å². The Morgan fingerprint density at radius 1 is 1.32 bits per heavy atom. The Hall–Kier alpha value is -1.75. The highest BCUT2D eigenvalue weighted by Crippen LogP contribution is 2.28. The lowest BCUT2D eigenvalue weighted by atomic mass is 9.95. The number of aromatic nitrogens is 4. The van der Waals surface area contributed by atoms with Gasteiger partial charge in [0, 0.05) is 30.9 Å². The van der Waals surface area contributed by atoms with Crippen molar-refractivity contribution in [1.29, 1.82) is 0 Å². The number of rotatable bonds is 1. The van der Waals surface area contributed by atoms with Crippen LogP contribution in [0.3, 0.4) is 0 Å². The fraction of sp³-hybridized carbons (Fsp3) is 0.500. The number of nitrogens with zero attached hydrogens (tertiary/aromatic N) is 4. The van der Waals surface area contributed by atoms with Crippen molar-refractivity contribution in [3.05, 3.63) is 41.7 Å². The molecule has 1 atom stereocenters. The van der Waals surface area contributed by atoms with Gasteiger partial charge in [0.25, 0.3) is 0 Å². The summed E-state index contributed by atoms with van der Waals surface area (Å²) in [5.74, 6) is 2.04. The second-order valence-corrected chi connectivity index (χ2v) is 5.96. The summed E-state index contributed by atoms with van der Waals surface area (Å²) in [6, 6.07) is 4.12.